The van der Waals surface area contributed by atoms with Gasteiger partial charge in [-0.2, -0.15) is 5.26 Å². The first-order chi connectivity index (χ1) is 13.5. The molecule has 0 aliphatic carbocycles. The Balaban J connectivity index is 1.87. The first-order valence-corrected chi connectivity index (χ1v) is 10.8. The van der Waals surface area contributed by atoms with Crippen molar-refractivity contribution >= 4 is 22.6 Å². The fourth-order valence-corrected chi connectivity index (χ4v) is 4.63. The number of hydrogen-bond acceptors (Lipinski definition) is 4. The molecule has 146 valence electrons. The lowest BCUT2D eigenvalue weighted by Crippen LogP contribution is -2.38. The second-order valence-electron chi connectivity index (χ2n) is 7.58. The molecule has 0 unspecified atom stereocenters. The van der Waals surface area contributed by atoms with Gasteiger partial charge in [0.15, 0.2) is 5.17 Å². The molecule has 1 atom stereocenters. The minimum Gasteiger partial charge on any atom is -0.508 e. The van der Waals surface area contributed by atoms with Gasteiger partial charge in [0.25, 0.3) is 0 Å². The maximum Gasteiger partial charge on any atom is 0.164 e. The summed E-state index contributed by atoms with van der Waals surface area (Å²) in [5.74, 6) is 1.85. The molecule has 1 heterocycles. The van der Waals surface area contributed by atoms with E-state index in [1.54, 1.807) is 12.1 Å². The fraction of sp³-hybridized carbons (Fsp3) is 0.391. The van der Waals surface area contributed by atoms with Crippen molar-refractivity contribution in [1.82, 2.24) is 4.90 Å². The molecular weight excluding hydrogens is 366 g/mol. The predicted molar refractivity (Wildman–Crippen MR) is 117 cm³/mol. The van der Waals surface area contributed by atoms with E-state index in [2.05, 4.69) is 31.7 Å². The third-order valence-electron chi connectivity index (χ3n) is 4.87. The molecule has 1 N–H and O–H groups in total. The van der Waals surface area contributed by atoms with Crippen molar-refractivity contribution < 1.29 is 5.11 Å². The van der Waals surface area contributed by atoms with E-state index in [0.29, 0.717) is 23.3 Å². The van der Waals surface area contributed by atoms with Crippen molar-refractivity contribution in [2.45, 2.75) is 39.7 Å². The highest BCUT2D eigenvalue weighted by Crippen LogP contribution is 2.31. The van der Waals surface area contributed by atoms with Gasteiger partial charge in [-0.05, 0) is 60.2 Å². The van der Waals surface area contributed by atoms with E-state index in [9.17, 15) is 5.11 Å². The number of aliphatic imine (C=N–C) groups is 1. The second-order valence-corrected chi connectivity index (χ2v) is 8.57. The molecule has 5 heteroatoms. The zero-order chi connectivity index (χ0) is 20.1. The maximum atomic E-state index is 9.53. The normalized spacial score (nSPS) is 18.0. The molecule has 1 aliphatic rings. The minimum absolute atomic E-state index is 0.304. The molecule has 0 spiro atoms. The van der Waals surface area contributed by atoms with Crippen LogP contribution >= 0.6 is 11.8 Å². The number of nitriles is 1. The van der Waals surface area contributed by atoms with Crippen LogP contribution in [-0.2, 0) is 12.8 Å². The van der Waals surface area contributed by atoms with E-state index in [0.717, 1.165) is 41.6 Å². The van der Waals surface area contributed by atoms with Crippen LogP contribution in [0.25, 0.3) is 0 Å². The van der Waals surface area contributed by atoms with Crippen LogP contribution in [0.3, 0.4) is 0 Å². The molecule has 1 saturated heterocycles. The van der Waals surface area contributed by atoms with Gasteiger partial charge in [-0.15, -0.1) is 0 Å². The third-order valence-corrected chi connectivity index (χ3v) is 6.00. The Hall–Kier alpha value is -2.45. The van der Waals surface area contributed by atoms with Crippen molar-refractivity contribution in [3.05, 3.63) is 59.2 Å². The Labute approximate surface area is 171 Å². The van der Waals surface area contributed by atoms with Gasteiger partial charge < -0.3 is 10.0 Å². The summed E-state index contributed by atoms with van der Waals surface area (Å²) in [5, 5.41) is 19.7. The molecule has 1 fully saturated rings. The monoisotopic (exact) mass is 393 g/mol. The highest BCUT2D eigenvalue weighted by Gasteiger charge is 2.30. The summed E-state index contributed by atoms with van der Waals surface area (Å²) in [6.45, 7) is 7.53. The molecule has 0 bridgehead atoms. The molecule has 3 rings (SSSR count). The number of aromatic hydroxyl groups is 1. The highest BCUT2D eigenvalue weighted by atomic mass is 32.2. The Morgan fingerprint density at radius 1 is 1.25 bits per heavy atom. The number of benzene rings is 2. The largest absolute Gasteiger partial charge is 0.508 e. The van der Waals surface area contributed by atoms with Crippen LogP contribution in [0.1, 0.15) is 37.5 Å². The summed E-state index contributed by atoms with van der Waals surface area (Å²) in [6, 6.07) is 15.9. The minimum atomic E-state index is 0.304. The molecule has 0 aromatic heterocycles. The van der Waals surface area contributed by atoms with Gasteiger partial charge in [0.05, 0.1) is 17.3 Å². The molecule has 0 amide bonds. The number of phenolic OH excluding ortho intramolecular Hbond substituents is 1. The first kappa shape index (κ1) is 20.3. The first-order valence-electron chi connectivity index (χ1n) is 9.79. The third kappa shape index (κ3) is 4.88. The average molecular weight is 394 g/mol. The van der Waals surface area contributed by atoms with Gasteiger partial charge in [0, 0.05) is 18.3 Å². The molecule has 2 aromatic carbocycles. The predicted octanol–water partition coefficient (Wildman–Crippen LogP) is 5.13. The van der Waals surface area contributed by atoms with Gasteiger partial charge >= 0.3 is 0 Å². The van der Waals surface area contributed by atoms with Gasteiger partial charge in [-0.3, -0.25) is 0 Å². The Kier molecular flexibility index (Phi) is 6.64. The van der Waals surface area contributed by atoms with Gasteiger partial charge in [0.1, 0.15) is 5.75 Å². The SMILES string of the molecule is CCc1cc(C#N)ccc1N=C1SC[C@H](Cc2ccc(O)cc2)N1CC(C)C. The molecule has 2 aromatic rings. The summed E-state index contributed by atoms with van der Waals surface area (Å²) in [4.78, 5) is 7.43. The fourth-order valence-electron chi connectivity index (χ4n) is 3.44. The number of hydrogen-bond donors (Lipinski definition) is 1. The van der Waals surface area contributed by atoms with Crippen LogP contribution in [0.5, 0.6) is 5.75 Å². The highest BCUT2D eigenvalue weighted by molar-refractivity contribution is 8.14. The van der Waals surface area contributed by atoms with Crippen LogP contribution in [0.4, 0.5) is 5.69 Å². The van der Waals surface area contributed by atoms with Crippen LogP contribution in [0.2, 0.25) is 0 Å². The Morgan fingerprint density at radius 2 is 2.00 bits per heavy atom. The van der Waals surface area contributed by atoms with Crippen LogP contribution in [-0.4, -0.2) is 33.5 Å². The Bertz CT molecular complexity index is 884. The van der Waals surface area contributed by atoms with E-state index in [1.165, 1.54) is 5.56 Å². The maximum absolute atomic E-state index is 9.53. The standard InChI is InChI=1S/C23H27N3OS/c1-4-19-11-18(13-24)7-10-22(19)25-23-26(14-16(2)3)20(15-28-23)12-17-5-8-21(27)9-6-17/h5-11,16,20,27H,4,12,14-15H2,1-3H3/t20-/m0/s1. The van der Waals surface area contributed by atoms with Crippen molar-refractivity contribution in [2.75, 3.05) is 12.3 Å². The average Bonchev–Trinajstić information content (AvgIpc) is 3.04. The molecule has 0 saturated carbocycles. The summed E-state index contributed by atoms with van der Waals surface area (Å²) < 4.78 is 0. The molecular formula is C23H27N3OS. The number of nitrogens with zero attached hydrogens (tertiary/aromatic N) is 3. The quantitative estimate of drug-likeness (QED) is 0.739. The number of thioether (sulfide) groups is 1. The van der Waals surface area contributed by atoms with Crippen LogP contribution in [0, 0.1) is 17.2 Å². The Morgan fingerprint density at radius 3 is 2.64 bits per heavy atom. The zero-order valence-electron chi connectivity index (χ0n) is 16.7. The number of phenols is 1. The smallest absolute Gasteiger partial charge is 0.164 e. The molecule has 0 radical (unpaired) electrons. The summed E-state index contributed by atoms with van der Waals surface area (Å²) in [5.41, 5.74) is 3.98. The van der Waals surface area contributed by atoms with Crippen LogP contribution < -0.4 is 0 Å². The van der Waals surface area contributed by atoms with Crippen molar-refractivity contribution in [2.24, 2.45) is 10.9 Å². The van der Waals surface area contributed by atoms with Crippen molar-refractivity contribution in [3.63, 3.8) is 0 Å². The van der Waals surface area contributed by atoms with E-state index >= 15 is 0 Å². The van der Waals surface area contributed by atoms with E-state index in [-0.39, 0.29) is 0 Å². The summed E-state index contributed by atoms with van der Waals surface area (Å²) in [7, 11) is 0. The van der Waals surface area contributed by atoms with Crippen LogP contribution in [0.15, 0.2) is 47.5 Å². The number of amidine groups is 1. The lowest BCUT2D eigenvalue weighted by molar-refractivity contribution is 0.311. The summed E-state index contributed by atoms with van der Waals surface area (Å²) >= 11 is 1.81. The number of aryl methyl sites for hydroxylation is 1. The lowest BCUT2D eigenvalue weighted by Gasteiger charge is -2.28. The number of rotatable bonds is 6. The van der Waals surface area contributed by atoms with Gasteiger partial charge in [-0.1, -0.05) is 44.7 Å². The van der Waals surface area contributed by atoms with E-state index in [1.807, 2.05) is 42.1 Å². The van der Waals surface area contributed by atoms with Gasteiger partial charge in [0.2, 0.25) is 0 Å². The summed E-state index contributed by atoms with van der Waals surface area (Å²) in [6.07, 6.45) is 1.79. The van der Waals surface area contributed by atoms with Crippen molar-refractivity contribution in [3.8, 4) is 11.8 Å². The molecule has 28 heavy (non-hydrogen) atoms. The van der Waals surface area contributed by atoms with E-state index < -0.39 is 0 Å². The van der Waals surface area contributed by atoms with Crippen molar-refractivity contribution in [1.29, 1.82) is 5.26 Å². The molecule has 1 aliphatic heterocycles. The topological polar surface area (TPSA) is 59.6 Å². The second kappa shape index (κ2) is 9.16. The van der Waals surface area contributed by atoms with Gasteiger partial charge in [-0.25, -0.2) is 4.99 Å². The molecule has 4 nitrogen and oxygen atoms in total. The van der Waals surface area contributed by atoms with E-state index in [4.69, 9.17) is 10.3 Å². The zero-order valence-corrected chi connectivity index (χ0v) is 17.5. The lowest BCUT2D eigenvalue weighted by atomic mass is 10.0.